The minimum absolute atomic E-state index is 0.143. The molecule has 0 bridgehead atoms. The Hall–Kier alpha value is -0.610. The molecule has 2 atom stereocenters. The van der Waals surface area contributed by atoms with E-state index < -0.39 is 0 Å². The molecule has 3 heterocycles. The van der Waals surface area contributed by atoms with E-state index in [-0.39, 0.29) is 5.92 Å². The van der Waals surface area contributed by atoms with E-state index in [9.17, 15) is 4.79 Å². The fourth-order valence-electron chi connectivity index (χ4n) is 3.60. The lowest BCUT2D eigenvalue weighted by molar-refractivity contribution is -0.134. The monoisotopic (exact) mass is 238 g/mol. The van der Waals surface area contributed by atoms with Crippen LogP contribution in [0.25, 0.3) is 0 Å². The maximum atomic E-state index is 12.3. The van der Waals surface area contributed by atoms with E-state index in [2.05, 4.69) is 16.8 Å². The number of carbonyl (C=O) groups excluding carboxylic acids is 1. The fraction of sp³-hybridized carbons (Fsp3) is 0.923. The van der Waals surface area contributed by atoms with Gasteiger partial charge in [0.15, 0.2) is 0 Å². The molecule has 4 nitrogen and oxygen atoms in total. The summed E-state index contributed by atoms with van der Waals surface area (Å²) in [4.78, 5) is 16.8. The van der Waals surface area contributed by atoms with Gasteiger partial charge in [-0.25, -0.2) is 0 Å². The molecule has 17 heavy (non-hydrogen) atoms. The molecule has 3 saturated heterocycles. The topological polar surface area (TPSA) is 32.8 Å². The summed E-state index contributed by atoms with van der Waals surface area (Å²) in [5, 5.41) is 0. The molecule has 0 saturated carbocycles. The van der Waals surface area contributed by atoms with Gasteiger partial charge >= 0.3 is 0 Å². The second-order valence-corrected chi connectivity index (χ2v) is 6.06. The highest BCUT2D eigenvalue weighted by Gasteiger charge is 2.44. The molecule has 0 aromatic carbocycles. The number of likely N-dealkylation sites (tertiary alicyclic amines) is 2. The largest absolute Gasteiger partial charge is 0.381 e. The quantitative estimate of drug-likeness (QED) is 0.670. The molecule has 0 aliphatic carbocycles. The van der Waals surface area contributed by atoms with Crippen LogP contribution >= 0.6 is 0 Å². The third-order valence-corrected chi connectivity index (χ3v) is 4.66. The summed E-state index contributed by atoms with van der Waals surface area (Å²) < 4.78 is 5.32. The molecule has 4 heteroatoms. The zero-order valence-electron chi connectivity index (χ0n) is 10.7. The Kier molecular flexibility index (Phi) is 2.87. The van der Waals surface area contributed by atoms with Gasteiger partial charge in [-0.05, 0) is 32.9 Å². The number of amides is 1. The molecule has 1 spiro atoms. The normalized spacial score (nSPS) is 38.4. The lowest BCUT2D eigenvalue weighted by Crippen LogP contribution is -2.37. The Morgan fingerprint density at radius 1 is 1.29 bits per heavy atom. The maximum Gasteiger partial charge on any atom is 0.228 e. The zero-order valence-corrected chi connectivity index (χ0v) is 10.7. The molecular formula is C13H22N2O2. The molecule has 3 fully saturated rings. The van der Waals surface area contributed by atoms with Crippen molar-refractivity contribution in [3.63, 3.8) is 0 Å². The maximum absolute atomic E-state index is 12.3. The van der Waals surface area contributed by atoms with Gasteiger partial charge in [-0.2, -0.15) is 0 Å². The smallest absolute Gasteiger partial charge is 0.228 e. The minimum Gasteiger partial charge on any atom is -0.381 e. The van der Waals surface area contributed by atoms with Crippen molar-refractivity contribution in [1.82, 2.24) is 9.80 Å². The van der Waals surface area contributed by atoms with Crippen LogP contribution in [0.2, 0.25) is 0 Å². The van der Waals surface area contributed by atoms with Gasteiger partial charge < -0.3 is 14.5 Å². The Bertz CT molecular complexity index is 315. The number of hydrogen-bond acceptors (Lipinski definition) is 3. The van der Waals surface area contributed by atoms with Gasteiger partial charge in [0.05, 0.1) is 12.5 Å². The third kappa shape index (κ3) is 2.08. The van der Waals surface area contributed by atoms with Crippen molar-refractivity contribution in [3.8, 4) is 0 Å². The first-order valence-electron chi connectivity index (χ1n) is 6.74. The van der Waals surface area contributed by atoms with E-state index in [4.69, 9.17) is 4.74 Å². The van der Waals surface area contributed by atoms with Crippen LogP contribution in [-0.4, -0.2) is 62.1 Å². The Morgan fingerprint density at radius 2 is 2.12 bits per heavy atom. The van der Waals surface area contributed by atoms with Gasteiger partial charge in [-0.1, -0.05) is 0 Å². The van der Waals surface area contributed by atoms with Crippen molar-refractivity contribution in [3.05, 3.63) is 0 Å². The number of carbonyl (C=O) groups is 1. The molecule has 0 radical (unpaired) electrons. The summed E-state index contributed by atoms with van der Waals surface area (Å²) in [6.07, 6.45) is 3.37. The number of hydrogen-bond donors (Lipinski definition) is 0. The lowest BCUT2D eigenvalue weighted by atomic mass is 9.86. The van der Waals surface area contributed by atoms with Gasteiger partial charge in [0, 0.05) is 31.7 Å². The highest BCUT2D eigenvalue weighted by atomic mass is 16.5. The zero-order chi connectivity index (χ0) is 11.9. The summed E-state index contributed by atoms with van der Waals surface area (Å²) in [6.45, 7) is 5.70. The molecule has 1 amide bonds. The molecule has 0 aromatic rings. The number of nitrogens with zero attached hydrogens (tertiary/aromatic N) is 2. The summed E-state index contributed by atoms with van der Waals surface area (Å²) >= 11 is 0. The van der Waals surface area contributed by atoms with Crippen molar-refractivity contribution >= 4 is 5.91 Å². The van der Waals surface area contributed by atoms with Crippen molar-refractivity contribution in [2.75, 3.05) is 46.4 Å². The predicted octanol–water partition coefficient (Wildman–Crippen LogP) is 0.577. The first-order chi connectivity index (χ1) is 8.19. The fourth-order valence-corrected chi connectivity index (χ4v) is 3.60. The van der Waals surface area contributed by atoms with Crippen LogP contribution in [0.3, 0.4) is 0 Å². The number of rotatable bonds is 1. The Morgan fingerprint density at radius 3 is 2.76 bits per heavy atom. The SMILES string of the molecule is CN1CCC2(CCN(C(=O)C3CCOC3)C2)C1. The molecule has 2 unspecified atom stereocenters. The third-order valence-electron chi connectivity index (χ3n) is 4.66. The standard InChI is InChI=1S/C13H22N2O2/c1-14-5-3-13(9-14)4-6-15(10-13)12(16)11-2-7-17-8-11/h11H,2-10H2,1H3. The summed E-state index contributed by atoms with van der Waals surface area (Å²) in [7, 11) is 2.18. The van der Waals surface area contributed by atoms with Crippen LogP contribution in [-0.2, 0) is 9.53 Å². The van der Waals surface area contributed by atoms with Crippen molar-refractivity contribution in [2.45, 2.75) is 19.3 Å². The molecule has 3 aliphatic rings. The van der Waals surface area contributed by atoms with E-state index in [1.807, 2.05) is 0 Å². The second kappa shape index (κ2) is 4.25. The molecule has 0 N–H and O–H groups in total. The van der Waals surface area contributed by atoms with Crippen molar-refractivity contribution in [2.24, 2.45) is 11.3 Å². The molecule has 0 aromatic heterocycles. The van der Waals surface area contributed by atoms with Crippen LogP contribution in [0.15, 0.2) is 0 Å². The highest BCUT2D eigenvalue weighted by Crippen LogP contribution is 2.39. The lowest BCUT2D eigenvalue weighted by Gasteiger charge is -2.25. The summed E-state index contributed by atoms with van der Waals surface area (Å²) in [5.41, 5.74) is 0.407. The number of ether oxygens (including phenoxy) is 1. The molecule has 3 rings (SSSR count). The van der Waals surface area contributed by atoms with Gasteiger partial charge in [0.25, 0.3) is 0 Å². The van der Waals surface area contributed by atoms with E-state index in [0.29, 0.717) is 17.9 Å². The van der Waals surface area contributed by atoms with Crippen molar-refractivity contribution in [1.29, 1.82) is 0 Å². The van der Waals surface area contributed by atoms with E-state index in [1.165, 1.54) is 19.4 Å². The molecule has 3 aliphatic heterocycles. The van der Waals surface area contributed by atoms with Crippen LogP contribution in [0.4, 0.5) is 0 Å². The van der Waals surface area contributed by atoms with Crippen LogP contribution in [0, 0.1) is 11.3 Å². The van der Waals surface area contributed by atoms with E-state index >= 15 is 0 Å². The summed E-state index contributed by atoms with van der Waals surface area (Å²) in [6, 6.07) is 0. The molecule has 96 valence electrons. The highest BCUT2D eigenvalue weighted by molar-refractivity contribution is 5.79. The average Bonchev–Trinajstić information content (AvgIpc) is 3.02. The van der Waals surface area contributed by atoms with Crippen LogP contribution in [0.1, 0.15) is 19.3 Å². The van der Waals surface area contributed by atoms with Crippen LogP contribution < -0.4 is 0 Å². The van der Waals surface area contributed by atoms with E-state index in [0.717, 1.165) is 32.7 Å². The van der Waals surface area contributed by atoms with E-state index in [1.54, 1.807) is 0 Å². The van der Waals surface area contributed by atoms with Gasteiger partial charge in [0.2, 0.25) is 5.91 Å². The first-order valence-corrected chi connectivity index (χ1v) is 6.74. The second-order valence-electron chi connectivity index (χ2n) is 6.06. The Balaban J connectivity index is 1.61. The first kappa shape index (κ1) is 11.5. The predicted molar refractivity (Wildman–Crippen MR) is 64.7 cm³/mol. The summed E-state index contributed by atoms with van der Waals surface area (Å²) in [5.74, 6) is 0.484. The average molecular weight is 238 g/mol. The Labute approximate surface area is 103 Å². The van der Waals surface area contributed by atoms with Crippen molar-refractivity contribution < 1.29 is 9.53 Å². The van der Waals surface area contributed by atoms with Gasteiger partial charge in [-0.3, -0.25) is 4.79 Å². The minimum atomic E-state index is 0.143. The molecular weight excluding hydrogens is 216 g/mol. The van der Waals surface area contributed by atoms with Gasteiger partial charge in [-0.15, -0.1) is 0 Å². The van der Waals surface area contributed by atoms with Crippen LogP contribution in [0.5, 0.6) is 0 Å². The van der Waals surface area contributed by atoms with Gasteiger partial charge in [0.1, 0.15) is 0 Å².